The molecule has 1 rings (SSSR count). The molecular formula is C12H21N3O4S2. The molecule has 9 heteroatoms. The van der Waals surface area contributed by atoms with Gasteiger partial charge in [-0.2, -0.15) is 0 Å². The Kier molecular flexibility index (Phi) is 6.14. The van der Waals surface area contributed by atoms with E-state index in [-0.39, 0.29) is 18.0 Å². The van der Waals surface area contributed by atoms with Gasteiger partial charge >= 0.3 is 0 Å². The third-order valence-corrected chi connectivity index (χ3v) is 5.01. The van der Waals surface area contributed by atoms with Crippen LogP contribution in [0.4, 0.5) is 5.69 Å². The number of hydrogen-bond donors (Lipinski definition) is 3. The van der Waals surface area contributed by atoms with E-state index < -0.39 is 20.0 Å². The molecule has 21 heavy (non-hydrogen) atoms. The lowest BCUT2D eigenvalue weighted by molar-refractivity contribution is 0.575. The number of hydrogen-bond acceptors (Lipinski definition) is 5. The smallest absolute Gasteiger partial charge is 0.240 e. The molecule has 0 saturated heterocycles. The van der Waals surface area contributed by atoms with E-state index in [4.69, 9.17) is 5.73 Å². The van der Waals surface area contributed by atoms with Gasteiger partial charge in [-0.05, 0) is 30.5 Å². The van der Waals surface area contributed by atoms with E-state index in [1.807, 2.05) is 6.92 Å². The summed E-state index contributed by atoms with van der Waals surface area (Å²) >= 11 is 0. The van der Waals surface area contributed by atoms with Gasteiger partial charge in [0, 0.05) is 18.8 Å². The maximum Gasteiger partial charge on any atom is 0.240 e. The number of anilines is 1. The van der Waals surface area contributed by atoms with E-state index in [1.165, 1.54) is 12.1 Å². The molecule has 1 aromatic rings. The SMILES string of the molecule is CCc1ccc(S(=O)(=O)NCCCNS(C)(=O)=O)cc1N. The lowest BCUT2D eigenvalue weighted by Crippen LogP contribution is -2.29. The average molecular weight is 335 g/mol. The van der Waals surface area contributed by atoms with Crippen molar-refractivity contribution in [3.63, 3.8) is 0 Å². The predicted octanol–water partition coefficient (Wildman–Crippen LogP) is 0.0488. The van der Waals surface area contributed by atoms with E-state index in [0.717, 1.165) is 18.2 Å². The minimum absolute atomic E-state index is 0.105. The molecule has 0 aliphatic rings. The average Bonchev–Trinajstić information content (AvgIpc) is 2.36. The second kappa shape index (κ2) is 7.21. The van der Waals surface area contributed by atoms with Crippen LogP contribution < -0.4 is 15.2 Å². The highest BCUT2D eigenvalue weighted by Crippen LogP contribution is 2.18. The zero-order chi connectivity index (χ0) is 16.1. The van der Waals surface area contributed by atoms with Crippen molar-refractivity contribution in [1.82, 2.24) is 9.44 Å². The molecule has 0 spiro atoms. The Balaban J connectivity index is 2.60. The molecule has 0 aliphatic carbocycles. The van der Waals surface area contributed by atoms with Crippen molar-refractivity contribution in [2.45, 2.75) is 24.7 Å². The number of nitrogens with two attached hydrogens (primary N) is 1. The molecule has 0 heterocycles. The minimum atomic E-state index is -3.63. The van der Waals surface area contributed by atoms with Gasteiger partial charge < -0.3 is 5.73 Å². The Morgan fingerprint density at radius 1 is 1.10 bits per heavy atom. The Morgan fingerprint density at radius 2 is 1.71 bits per heavy atom. The maximum atomic E-state index is 12.0. The monoisotopic (exact) mass is 335 g/mol. The largest absolute Gasteiger partial charge is 0.398 e. The second-order valence-corrected chi connectivity index (χ2v) is 8.23. The maximum absolute atomic E-state index is 12.0. The summed E-state index contributed by atoms with van der Waals surface area (Å²) < 4.78 is 50.5. The van der Waals surface area contributed by atoms with Crippen molar-refractivity contribution in [3.05, 3.63) is 23.8 Å². The van der Waals surface area contributed by atoms with Crippen LogP contribution in [0.2, 0.25) is 0 Å². The number of sulfonamides is 2. The van der Waals surface area contributed by atoms with Crippen molar-refractivity contribution in [3.8, 4) is 0 Å². The molecule has 0 unspecified atom stereocenters. The van der Waals surface area contributed by atoms with Crippen LogP contribution in [0.15, 0.2) is 23.1 Å². The number of benzene rings is 1. The predicted molar refractivity (Wildman–Crippen MR) is 82.9 cm³/mol. The molecule has 0 radical (unpaired) electrons. The summed E-state index contributed by atoms with van der Waals surface area (Å²) in [5.74, 6) is 0. The lowest BCUT2D eigenvalue weighted by atomic mass is 10.1. The van der Waals surface area contributed by atoms with Gasteiger partial charge in [0.1, 0.15) is 0 Å². The fraction of sp³-hybridized carbons (Fsp3) is 0.500. The molecule has 7 nitrogen and oxygen atoms in total. The molecule has 0 aliphatic heterocycles. The van der Waals surface area contributed by atoms with Crippen LogP contribution in [-0.4, -0.2) is 36.2 Å². The number of nitrogen functional groups attached to an aromatic ring is 1. The molecule has 0 atom stereocenters. The number of nitrogens with one attached hydrogen (secondary N) is 2. The van der Waals surface area contributed by atoms with Crippen LogP contribution in [0.5, 0.6) is 0 Å². The highest BCUT2D eigenvalue weighted by Gasteiger charge is 2.14. The summed E-state index contributed by atoms with van der Waals surface area (Å²) in [5.41, 5.74) is 7.12. The Morgan fingerprint density at radius 3 is 2.24 bits per heavy atom. The van der Waals surface area contributed by atoms with E-state index in [1.54, 1.807) is 6.07 Å². The first-order valence-corrected chi connectivity index (χ1v) is 9.86. The zero-order valence-electron chi connectivity index (χ0n) is 12.1. The molecule has 4 N–H and O–H groups in total. The van der Waals surface area contributed by atoms with Crippen molar-refractivity contribution in [2.75, 3.05) is 25.1 Å². The standard InChI is InChI=1S/C12H21N3O4S2/c1-3-10-5-6-11(9-12(10)13)21(18,19)15-8-4-7-14-20(2,16)17/h5-6,9,14-15H,3-4,7-8,13H2,1-2H3. The van der Waals surface area contributed by atoms with E-state index in [2.05, 4.69) is 9.44 Å². The summed E-state index contributed by atoms with van der Waals surface area (Å²) in [7, 11) is -6.88. The van der Waals surface area contributed by atoms with Crippen molar-refractivity contribution in [2.24, 2.45) is 0 Å². The van der Waals surface area contributed by atoms with Crippen LogP contribution in [-0.2, 0) is 26.5 Å². The first-order valence-electron chi connectivity index (χ1n) is 6.48. The van der Waals surface area contributed by atoms with Crippen LogP contribution in [0.25, 0.3) is 0 Å². The molecular weight excluding hydrogens is 314 g/mol. The van der Waals surface area contributed by atoms with Crippen LogP contribution >= 0.6 is 0 Å². The van der Waals surface area contributed by atoms with Gasteiger partial charge in [-0.3, -0.25) is 0 Å². The summed E-state index contributed by atoms with van der Waals surface area (Å²) in [6, 6.07) is 4.62. The van der Waals surface area contributed by atoms with Crippen LogP contribution in [0.3, 0.4) is 0 Å². The van der Waals surface area contributed by atoms with E-state index in [9.17, 15) is 16.8 Å². The van der Waals surface area contributed by atoms with Gasteiger partial charge in [0.15, 0.2) is 0 Å². The molecule has 0 bridgehead atoms. The number of aryl methyl sites for hydroxylation is 1. The first-order chi connectivity index (χ1) is 9.65. The van der Waals surface area contributed by atoms with Gasteiger partial charge in [0.05, 0.1) is 11.2 Å². The van der Waals surface area contributed by atoms with Crippen molar-refractivity contribution < 1.29 is 16.8 Å². The zero-order valence-corrected chi connectivity index (χ0v) is 13.7. The summed E-state index contributed by atoms with van der Waals surface area (Å²) in [4.78, 5) is 0.105. The third-order valence-electron chi connectivity index (χ3n) is 2.82. The summed E-state index contributed by atoms with van der Waals surface area (Å²) in [5, 5.41) is 0. The summed E-state index contributed by atoms with van der Waals surface area (Å²) in [6.07, 6.45) is 2.14. The van der Waals surface area contributed by atoms with Gasteiger partial charge in [-0.15, -0.1) is 0 Å². The summed E-state index contributed by atoms with van der Waals surface area (Å²) in [6.45, 7) is 2.26. The lowest BCUT2D eigenvalue weighted by Gasteiger charge is -2.09. The van der Waals surface area contributed by atoms with Gasteiger partial charge in [-0.1, -0.05) is 13.0 Å². The number of rotatable bonds is 8. The van der Waals surface area contributed by atoms with Crippen molar-refractivity contribution >= 4 is 25.7 Å². The van der Waals surface area contributed by atoms with E-state index in [0.29, 0.717) is 12.1 Å². The normalized spacial score (nSPS) is 12.5. The molecule has 120 valence electrons. The van der Waals surface area contributed by atoms with Gasteiger partial charge in [-0.25, -0.2) is 26.3 Å². The van der Waals surface area contributed by atoms with E-state index >= 15 is 0 Å². The fourth-order valence-corrected chi connectivity index (χ4v) is 3.32. The van der Waals surface area contributed by atoms with Crippen molar-refractivity contribution in [1.29, 1.82) is 0 Å². The molecule has 0 saturated carbocycles. The quantitative estimate of drug-likeness (QED) is 0.458. The minimum Gasteiger partial charge on any atom is -0.398 e. The Labute approximate surface area is 126 Å². The fourth-order valence-electron chi connectivity index (χ4n) is 1.70. The molecule has 1 aromatic carbocycles. The highest BCUT2D eigenvalue weighted by atomic mass is 32.2. The third kappa shape index (κ3) is 6.00. The Bertz CT molecular complexity index is 684. The van der Waals surface area contributed by atoms with Crippen LogP contribution in [0, 0.1) is 0 Å². The van der Waals surface area contributed by atoms with Crippen LogP contribution in [0.1, 0.15) is 18.9 Å². The topological polar surface area (TPSA) is 118 Å². The first kappa shape index (κ1) is 17.9. The van der Waals surface area contributed by atoms with Gasteiger partial charge in [0.25, 0.3) is 0 Å². The highest BCUT2D eigenvalue weighted by molar-refractivity contribution is 7.89. The molecule has 0 amide bonds. The molecule has 0 aromatic heterocycles. The molecule has 0 fully saturated rings. The van der Waals surface area contributed by atoms with Gasteiger partial charge in [0.2, 0.25) is 20.0 Å². The second-order valence-electron chi connectivity index (χ2n) is 4.63. The Hall–Kier alpha value is -1.16.